The molecule has 0 spiro atoms. The van der Waals surface area contributed by atoms with Crippen molar-refractivity contribution < 1.29 is 5.11 Å². The maximum absolute atomic E-state index is 9.48. The van der Waals surface area contributed by atoms with Gasteiger partial charge in [-0.25, -0.2) is 4.98 Å². The SMILES string of the molecule is O[C@H]1C[C@@H](Nc2nc(NCc3nc4ccccc4[nH]3)n3ncc(Br)c3n2)C1. The van der Waals surface area contributed by atoms with Gasteiger partial charge in [-0.3, -0.25) is 0 Å². The molecule has 9 nitrogen and oxygen atoms in total. The highest BCUT2D eigenvalue weighted by molar-refractivity contribution is 9.10. The Morgan fingerprint density at radius 1 is 1.22 bits per heavy atom. The third-order valence-corrected chi connectivity index (χ3v) is 5.18. The Balaban J connectivity index is 1.42. The van der Waals surface area contributed by atoms with E-state index in [4.69, 9.17) is 0 Å². The van der Waals surface area contributed by atoms with Crippen molar-refractivity contribution in [3.63, 3.8) is 0 Å². The van der Waals surface area contributed by atoms with E-state index in [0.717, 1.165) is 21.3 Å². The molecule has 1 aliphatic carbocycles. The molecule has 1 aromatic carbocycles. The molecule has 0 bridgehead atoms. The Morgan fingerprint density at radius 2 is 2.07 bits per heavy atom. The molecule has 0 amide bonds. The van der Waals surface area contributed by atoms with E-state index in [-0.39, 0.29) is 12.1 Å². The lowest BCUT2D eigenvalue weighted by Gasteiger charge is -2.31. The van der Waals surface area contributed by atoms with E-state index in [2.05, 4.69) is 51.6 Å². The van der Waals surface area contributed by atoms with Gasteiger partial charge >= 0.3 is 0 Å². The van der Waals surface area contributed by atoms with Gasteiger partial charge in [0, 0.05) is 6.04 Å². The number of hydrogen-bond donors (Lipinski definition) is 4. The number of aromatic nitrogens is 6. The van der Waals surface area contributed by atoms with Crippen LogP contribution in [0.5, 0.6) is 0 Å². The van der Waals surface area contributed by atoms with E-state index in [9.17, 15) is 5.11 Å². The van der Waals surface area contributed by atoms with Gasteiger partial charge in [0.2, 0.25) is 11.9 Å². The number of halogens is 1. The number of aliphatic hydroxyl groups excluding tert-OH is 1. The van der Waals surface area contributed by atoms with Crippen LogP contribution >= 0.6 is 15.9 Å². The van der Waals surface area contributed by atoms with E-state index in [1.54, 1.807) is 10.7 Å². The van der Waals surface area contributed by atoms with Gasteiger partial charge in [-0.2, -0.15) is 19.6 Å². The van der Waals surface area contributed by atoms with Crippen molar-refractivity contribution in [1.29, 1.82) is 0 Å². The van der Waals surface area contributed by atoms with Crippen molar-refractivity contribution in [3.8, 4) is 0 Å². The fourth-order valence-electron chi connectivity index (χ4n) is 3.17. The molecule has 3 aromatic heterocycles. The van der Waals surface area contributed by atoms with Crippen LogP contribution in [-0.2, 0) is 6.54 Å². The van der Waals surface area contributed by atoms with E-state index >= 15 is 0 Å². The number of imidazole rings is 1. The molecular weight excluding hydrogens is 412 g/mol. The van der Waals surface area contributed by atoms with Crippen LogP contribution in [0.2, 0.25) is 0 Å². The Kier molecular flexibility index (Phi) is 3.94. The summed E-state index contributed by atoms with van der Waals surface area (Å²) in [5.74, 6) is 1.88. The van der Waals surface area contributed by atoms with Crippen LogP contribution in [0.3, 0.4) is 0 Å². The number of H-pyrrole nitrogens is 1. The van der Waals surface area contributed by atoms with Gasteiger partial charge < -0.3 is 20.7 Å². The molecule has 10 heteroatoms. The molecular formula is C17H17BrN8O. The Labute approximate surface area is 162 Å². The first-order valence-electron chi connectivity index (χ1n) is 8.69. The third-order valence-electron chi connectivity index (χ3n) is 4.62. The molecule has 0 aliphatic heterocycles. The van der Waals surface area contributed by atoms with Crippen molar-refractivity contribution in [3.05, 3.63) is 40.8 Å². The quantitative estimate of drug-likeness (QED) is 0.385. The lowest BCUT2D eigenvalue weighted by Crippen LogP contribution is -2.39. The zero-order valence-corrected chi connectivity index (χ0v) is 15.8. The molecule has 27 heavy (non-hydrogen) atoms. The van der Waals surface area contributed by atoms with Crippen LogP contribution in [0.4, 0.5) is 11.9 Å². The normalized spacial score (nSPS) is 19.3. The Hall–Kier alpha value is -2.72. The van der Waals surface area contributed by atoms with Gasteiger partial charge in [-0.15, -0.1) is 0 Å². The zero-order chi connectivity index (χ0) is 18.4. The molecule has 138 valence electrons. The number of nitrogens with zero attached hydrogens (tertiary/aromatic N) is 5. The molecule has 0 unspecified atom stereocenters. The molecule has 1 saturated carbocycles. The number of fused-ring (bicyclic) bond motifs is 2. The lowest BCUT2D eigenvalue weighted by atomic mass is 9.90. The second-order valence-corrected chi connectivity index (χ2v) is 7.47. The van der Waals surface area contributed by atoms with Gasteiger partial charge in [-0.1, -0.05) is 12.1 Å². The monoisotopic (exact) mass is 428 g/mol. The highest BCUT2D eigenvalue weighted by atomic mass is 79.9. The molecule has 0 radical (unpaired) electrons. The third kappa shape index (κ3) is 3.10. The number of rotatable bonds is 5. The standard InChI is InChI=1S/C17H17BrN8O/c18-11-7-20-26-15(11)24-16(21-9-5-10(27)6-9)25-17(26)19-8-14-22-12-3-1-2-4-13(12)23-14/h1-4,7,9-10,27H,5-6,8H2,(H,22,23)(H2,19,21,24,25)/t9-,10+. The molecule has 0 saturated heterocycles. The van der Waals surface area contributed by atoms with Crippen molar-refractivity contribution in [2.75, 3.05) is 10.6 Å². The summed E-state index contributed by atoms with van der Waals surface area (Å²) >= 11 is 3.47. The number of benzene rings is 1. The summed E-state index contributed by atoms with van der Waals surface area (Å²) in [6.07, 6.45) is 2.86. The van der Waals surface area contributed by atoms with Crippen molar-refractivity contribution in [2.45, 2.75) is 31.5 Å². The molecule has 1 aliphatic rings. The number of hydrogen-bond acceptors (Lipinski definition) is 7. The fraction of sp³-hybridized carbons (Fsp3) is 0.294. The molecule has 0 atom stereocenters. The van der Waals surface area contributed by atoms with Crippen LogP contribution in [-0.4, -0.2) is 46.8 Å². The topological polar surface area (TPSA) is 116 Å². The Morgan fingerprint density at radius 3 is 2.89 bits per heavy atom. The molecule has 4 N–H and O–H groups in total. The summed E-state index contributed by atoms with van der Waals surface area (Å²) in [4.78, 5) is 16.9. The van der Waals surface area contributed by atoms with Crippen LogP contribution in [0.15, 0.2) is 34.9 Å². The van der Waals surface area contributed by atoms with Gasteiger partial charge in [-0.05, 0) is 40.9 Å². The molecule has 3 heterocycles. The van der Waals surface area contributed by atoms with E-state index in [1.165, 1.54) is 0 Å². The van der Waals surface area contributed by atoms with Crippen molar-refractivity contribution >= 4 is 44.5 Å². The highest BCUT2D eigenvalue weighted by Crippen LogP contribution is 2.25. The second kappa shape index (κ2) is 6.46. The van der Waals surface area contributed by atoms with E-state index in [1.807, 2.05) is 24.3 Å². The minimum atomic E-state index is -0.237. The van der Waals surface area contributed by atoms with Crippen molar-refractivity contribution in [1.82, 2.24) is 29.5 Å². The first kappa shape index (κ1) is 16.5. The molecule has 4 aromatic rings. The summed E-state index contributed by atoms with van der Waals surface area (Å²) in [5, 5.41) is 20.4. The van der Waals surface area contributed by atoms with Crippen LogP contribution in [0, 0.1) is 0 Å². The average Bonchev–Trinajstić information content (AvgIpc) is 3.22. The van der Waals surface area contributed by atoms with Crippen LogP contribution in [0.25, 0.3) is 16.7 Å². The highest BCUT2D eigenvalue weighted by Gasteiger charge is 2.28. The van der Waals surface area contributed by atoms with Crippen molar-refractivity contribution in [2.24, 2.45) is 0 Å². The van der Waals surface area contributed by atoms with E-state index in [0.29, 0.717) is 36.9 Å². The van der Waals surface area contributed by atoms with Crippen LogP contribution in [0.1, 0.15) is 18.7 Å². The number of nitrogens with one attached hydrogen (secondary N) is 3. The number of aromatic amines is 1. The maximum Gasteiger partial charge on any atom is 0.229 e. The smallest absolute Gasteiger partial charge is 0.229 e. The van der Waals surface area contributed by atoms with Gasteiger partial charge in [0.1, 0.15) is 5.82 Å². The number of anilines is 2. The Bertz CT molecular complexity index is 1080. The largest absolute Gasteiger partial charge is 0.393 e. The minimum absolute atomic E-state index is 0.187. The second-order valence-electron chi connectivity index (χ2n) is 6.62. The van der Waals surface area contributed by atoms with Gasteiger partial charge in [0.15, 0.2) is 5.65 Å². The minimum Gasteiger partial charge on any atom is -0.393 e. The number of aliphatic hydroxyl groups is 1. The first-order chi connectivity index (χ1) is 13.2. The predicted octanol–water partition coefficient (Wildman–Crippen LogP) is 2.31. The summed E-state index contributed by atoms with van der Waals surface area (Å²) in [7, 11) is 0. The fourth-order valence-corrected chi connectivity index (χ4v) is 3.52. The summed E-state index contributed by atoms with van der Waals surface area (Å²) < 4.78 is 2.43. The maximum atomic E-state index is 9.48. The zero-order valence-electron chi connectivity index (χ0n) is 14.2. The molecule has 5 rings (SSSR count). The molecule has 1 fully saturated rings. The first-order valence-corrected chi connectivity index (χ1v) is 9.48. The number of para-hydroxylation sites is 2. The van der Waals surface area contributed by atoms with Crippen LogP contribution < -0.4 is 10.6 Å². The average molecular weight is 429 g/mol. The summed E-state index contributed by atoms with van der Waals surface area (Å²) in [6, 6.07) is 8.09. The summed E-state index contributed by atoms with van der Waals surface area (Å²) in [5.41, 5.74) is 2.59. The van der Waals surface area contributed by atoms with Gasteiger partial charge in [0.05, 0.1) is 34.4 Å². The van der Waals surface area contributed by atoms with E-state index < -0.39 is 0 Å². The summed E-state index contributed by atoms with van der Waals surface area (Å²) in [6.45, 7) is 0.472. The predicted molar refractivity (Wildman–Crippen MR) is 105 cm³/mol. The lowest BCUT2D eigenvalue weighted by molar-refractivity contribution is 0.0834. The van der Waals surface area contributed by atoms with Gasteiger partial charge in [0.25, 0.3) is 0 Å².